The molecule has 0 aliphatic rings. The highest BCUT2D eigenvalue weighted by Crippen LogP contribution is 2.18. The molecule has 0 aliphatic heterocycles. The third kappa shape index (κ3) is 7.42. The van der Waals surface area contributed by atoms with E-state index in [1.807, 2.05) is 37.4 Å². The van der Waals surface area contributed by atoms with Gasteiger partial charge in [0.2, 0.25) is 5.89 Å². The number of oxazole rings is 1. The lowest BCUT2D eigenvalue weighted by Gasteiger charge is -2.11. The van der Waals surface area contributed by atoms with E-state index in [9.17, 15) is 5.11 Å². The van der Waals surface area contributed by atoms with Crippen molar-refractivity contribution < 1.29 is 14.3 Å². The van der Waals surface area contributed by atoms with E-state index in [1.54, 1.807) is 12.5 Å². The van der Waals surface area contributed by atoms with E-state index in [2.05, 4.69) is 57.9 Å². The van der Waals surface area contributed by atoms with E-state index < -0.39 is 0 Å². The Bertz CT molecular complexity index is 1220. The van der Waals surface area contributed by atoms with Gasteiger partial charge in [0.05, 0.1) is 6.10 Å². The Hall–Kier alpha value is -3.64. The van der Waals surface area contributed by atoms with Gasteiger partial charge in [-0.1, -0.05) is 48.9 Å². The average molecular weight is 472 g/mol. The molecule has 1 unspecified atom stereocenters. The van der Waals surface area contributed by atoms with Crippen LogP contribution in [0.2, 0.25) is 0 Å². The predicted octanol–water partition coefficient (Wildman–Crippen LogP) is 5.88. The second-order valence-corrected chi connectivity index (χ2v) is 8.76. The van der Waals surface area contributed by atoms with Crippen LogP contribution in [-0.2, 0) is 26.0 Å². The maximum atomic E-state index is 9.92. The van der Waals surface area contributed by atoms with E-state index in [4.69, 9.17) is 9.15 Å². The molecule has 182 valence electrons. The number of nitrogens with zero attached hydrogens (tertiary/aromatic N) is 3. The van der Waals surface area contributed by atoms with Crippen LogP contribution in [0.15, 0.2) is 71.6 Å². The van der Waals surface area contributed by atoms with Gasteiger partial charge >= 0.3 is 0 Å². The molecule has 35 heavy (non-hydrogen) atoms. The van der Waals surface area contributed by atoms with Crippen molar-refractivity contribution in [3.63, 3.8) is 0 Å². The Kier molecular flexibility index (Phi) is 8.52. The topological polar surface area (TPSA) is 73.3 Å². The van der Waals surface area contributed by atoms with Gasteiger partial charge in [0.25, 0.3) is 0 Å². The second-order valence-electron chi connectivity index (χ2n) is 8.76. The minimum atomic E-state index is -0.338. The summed E-state index contributed by atoms with van der Waals surface area (Å²) in [5, 5.41) is 9.92. The first-order valence-electron chi connectivity index (χ1n) is 12.2. The van der Waals surface area contributed by atoms with E-state index >= 15 is 0 Å². The van der Waals surface area contributed by atoms with Crippen LogP contribution in [0, 0.1) is 6.92 Å². The Balaban J connectivity index is 1.25. The van der Waals surface area contributed by atoms with Gasteiger partial charge in [-0.15, -0.1) is 0 Å². The molecule has 0 spiro atoms. The van der Waals surface area contributed by atoms with Crippen molar-refractivity contribution in [2.75, 3.05) is 0 Å². The number of hydrogen-bond donors (Lipinski definition) is 1. The van der Waals surface area contributed by atoms with Crippen LogP contribution in [-0.4, -0.2) is 25.7 Å². The van der Waals surface area contributed by atoms with E-state index in [0.717, 1.165) is 48.6 Å². The van der Waals surface area contributed by atoms with Crippen molar-refractivity contribution in [2.45, 2.75) is 58.8 Å². The van der Waals surface area contributed by atoms with Gasteiger partial charge in [0.1, 0.15) is 30.1 Å². The number of aryl methyl sites for hydroxylation is 3. The van der Waals surface area contributed by atoms with Crippen molar-refractivity contribution in [2.24, 2.45) is 0 Å². The molecule has 4 aromatic rings. The lowest BCUT2D eigenvalue weighted by molar-refractivity contribution is 0.167. The van der Waals surface area contributed by atoms with Crippen LogP contribution in [0.25, 0.3) is 12.2 Å². The van der Waals surface area contributed by atoms with Gasteiger partial charge in [0, 0.05) is 31.4 Å². The Morgan fingerprint density at radius 2 is 2.00 bits per heavy atom. The third-order valence-electron chi connectivity index (χ3n) is 5.91. The summed E-state index contributed by atoms with van der Waals surface area (Å²) in [5.74, 6) is 2.32. The van der Waals surface area contributed by atoms with Crippen molar-refractivity contribution in [1.29, 1.82) is 0 Å². The Morgan fingerprint density at radius 1 is 1.14 bits per heavy atom. The van der Waals surface area contributed by atoms with Crippen molar-refractivity contribution in [1.82, 2.24) is 14.5 Å². The number of hydrogen-bond acceptors (Lipinski definition) is 5. The largest absolute Gasteiger partial charge is 0.487 e. The molecule has 4 rings (SSSR count). The SMILES string of the molecule is CCC(O)Cc1nccn1CCCc1cccc(OCc2coc(/C=C/c3ccc(C)cc3)n2)c1. The van der Waals surface area contributed by atoms with Crippen LogP contribution in [0.1, 0.15) is 53.9 Å². The van der Waals surface area contributed by atoms with Crippen LogP contribution >= 0.6 is 0 Å². The fourth-order valence-corrected chi connectivity index (χ4v) is 3.80. The normalized spacial score (nSPS) is 12.3. The summed E-state index contributed by atoms with van der Waals surface area (Å²) in [7, 11) is 0. The smallest absolute Gasteiger partial charge is 0.218 e. The number of imidazole rings is 1. The van der Waals surface area contributed by atoms with Crippen LogP contribution in [0.4, 0.5) is 0 Å². The van der Waals surface area contributed by atoms with Gasteiger partial charge in [0.15, 0.2) is 0 Å². The highest BCUT2D eigenvalue weighted by atomic mass is 16.5. The first-order valence-corrected chi connectivity index (χ1v) is 12.2. The quantitative estimate of drug-likeness (QED) is 0.279. The Labute approximate surface area is 206 Å². The second kappa shape index (κ2) is 12.2. The zero-order valence-corrected chi connectivity index (χ0v) is 20.4. The Morgan fingerprint density at radius 3 is 2.83 bits per heavy atom. The zero-order chi connectivity index (χ0) is 24.5. The van der Waals surface area contributed by atoms with Gasteiger partial charge in [-0.3, -0.25) is 0 Å². The van der Waals surface area contributed by atoms with E-state index in [-0.39, 0.29) is 6.10 Å². The molecule has 0 fully saturated rings. The molecule has 0 saturated heterocycles. The highest BCUT2D eigenvalue weighted by Gasteiger charge is 2.09. The summed E-state index contributed by atoms with van der Waals surface area (Å²) in [6.07, 6.45) is 12.2. The van der Waals surface area contributed by atoms with Gasteiger partial charge in [-0.05, 0) is 55.5 Å². The molecular weight excluding hydrogens is 438 g/mol. The number of aliphatic hydroxyl groups excluding tert-OH is 1. The third-order valence-corrected chi connectivity index (χ3v) is 5.91. The molecule has 0 saturated carbocycles. The molecule has 1 N–H and O–H groups in total. The van der Waals surface area contributed by atoms with Crippen molar-refractivity contribution in [3.8, 4) is 5.75 Å². The fourth-order valence-electron chi connectivity index (χ4n) is 3.80. The first-order chi connectivity index (χ1) is 17.1. The molecule has 2 aromatic carbocycles. The van der Waals surface area contributed by atoms with Gasteiger partial charge in [-0.25, -0.2) is 9.97 Å². The zero-order valence-electron chi connectivity index (χ0n) is 20.4. The number of aromatic nitrogens is 3. The van der Waals surface area contributed by atoms with Crippen LogP contribution in [0.5, 0.6) is 5.75 Å². The van der Waals surface area contributed by atoms with E-state index in [0.29, 0.717) is 18.9 Å². The monoisotopic (exact) mass is 471 g/mol. The molecule has 0 bridgehead atoms. The summed E-state index contributed by atoms with van der Waals surface area (Å²) >= 11 is 0. The summed E-state index contributed by atoms with van der Waals surface area (Å²) in [4.78, 5) is 8.88. The van der Waals surface area contributed by atoms with Crippen molar-refractivity contribution >= 4 is 12.2 Å². The lowest BCUT2D eigenvalue weighted by Crippen LogP contribution is -2.14. The summed E-state index contributed by atoms with van der Waals surface area (Å²) < 4.78 is 13.6. The molecule has 0 aliphatic carbocycles. The molecule has 2 heterocycles. The van der Waals surface area contributed by atoms with Gasteiger partial charge < -0.3 is 18.8 Å². The van der Waals surface area contributed by atoms with Crippen molar-refractivity contribution in [3.05, 3.63) is 101 Å². The summed E-state index contributed by atoms with van der Waals surface area (Å²) in [5.41, 5.74) is 4.31. The van der Waals surface area contributed by atoms with E-state index in [1.165, 1.54) is 11.1 Å². The van der Waals surface area contributed by atoms with Gasteiger partial charge in [-0.2, -0.15) is 0 Å². The first kappa shape index (κ1) is 24.5. The maximum Gasteiger partial charge on any atom is 0.218 e. The van der Waals surface area contributed by atoms with Crippen LogP contribution < -0.4 is 4.74 Å². The van der Waals surface area contributed by atoms with Crippen LogP contribution in [0.3, 0.4) is 0 Å². The summed E-state index contributed by atoms with van der Waals surface area (Å²) in [6, 6.07) is 16.5. The molecule has 6 nitrogen and oxygen atoms in total. The number of aliphatic hydroxyl groups is 1. The predicted molar refractivity (Wildman–Crippen MR) is 138 cm³/mol. The average Bonchev–Trinajstić information content (AvgIpc) is 3.52. The number of benzene rings is 2. The molecule has 0 amide bonds. The number of ether oxygens (including phenoxy) is 1. The highest BCUT2D eigenvalue weighted by molar-refractivity contribution is 5.66. The molecule has 1 atom stereocenters. The molecule has 6 heteroatoms. The molecule has 0 radical (unpaired) electrons. The number of rotatable bonds is 12. The lowest BCUT2D eigenvalue weighted by atomic mass is 10.1. The molecular formula is C29H33N3O3. The minimum absolute atomic E-state index is 0.338. The summed E-state index contributed by atoms with van der Waals surface area (Å²) in [6.45, 7) is 5.28. The fraction of sp³-hybridized carbons (Fsp3) is 0.310. The minimum Gasteiger partial charge on any atom is -0.487 e. The maximum absolute atomic E-state index is 9.92. The standard InChI is InChI=1S/C29H33N3O3/c1-3-26(33)19-28-30-15-17-32(28)16-5-7-24-6-4-8-27(18-24)34-20-25-21-35-29(31-25)14-13-23-11-9-22(2)10-12-23/h4,6,8-15,17-18,21,26,33H,3,5,7,16,19-20H2,1-2H3/b14-13+. The molecule has 2 aromatic heterocycles.